The number of hydrogen-bond acceptors (Lipinski definition) is 4. The van der Waals surface area contributed by atoms with E-state index in [-0.39, 0.29) is 32.3 Å². The summed E-state index contributed by atoms with van der Waals surface area (Å²) in [6.07, 6.45) is 0. The van der Waals surface area contributed by atoms with E-state index >= 15 is 0 Å². The fourth-order valence-electron chi connectivity index (χ4n) is 1.09. The number of carbonyl (C=O) groups excluding carboxylic acids is 1. The summed E-state index contributed by atoms with van der Waals surface area (Å²) < 4.78 is 0. The number of hydrogen-bond donors (Lipinski definition) is 3. The van der Waals surface area contributed by atoms with Crippen molar-refractivity contribution in [2.45, 2.75) is 0 Å². The molecule has 5 nitrogen and oxygen atoms in total. The average molecular weight is 230 g/mol. The predicted molar refractivity (Wildman–Crippen MR) is 59.1 cm³/mol. The van der Waals surface area contributed by atoms with Gasteiger partial charge in [0.25, 0.3) is 0 Å². The second-order valence-corrected chi connectivity index (χ2v) is 3.66. The minimum absolute atomic E-state index is 0.114. The number of rotatable bonds is 5. The van der Waals surface area contributed by atoms with Crippen LogP contribution in [0.4, 0.5) is 10.5 Å². The molecular weight excluding hydrogens is 216 g/mol. The van der Waals surface area contributed by atoms with E-state index in [9.17, 15) is 4.79 Å². The second-order valence-electron chi connectivity index (χ2n) is 2.88. The number of anilines is 1. The summed E-state index contributed by atoms with van der Waals surface area (Å²) in [7, 11) is 0. The number of nitrogens with zero attached hydrogens (tertiary/aromatic N) is 1. The van der Waals surface area contributed by atoms with Crippen LogP contribution < -0.4 is 5.32 Å². The zero-order valence-corrected chi connectivity index (χ0v) is 9.04. The lowest BCUT2D eigenvalue weighted by Crippen LogP contribution is -2.38. The highest BCUT2D eigenvalue weighted by Gasteiger charge is 2.12. The van der Waals surface area contributed by atoms with E-state index in [2.05, 4.69) is 5.32 Å². The molecule has 0 unspecified atom stereocenters. The smallest absolute Gasteiger partial charge is 0.322 e. The maximum atomic E-state index is 11.6. The molecule has 2 amide bonds. The molecule has 84 valence electrons. The van der Waals surface area contributed by atoms with Gasteiger partial charge in [-0.3, -0.25) is 0 Å². The first-order chi connectivity index (χ1) is 7.27. The van der Waals surface area contributed by atoms with E-state index < -0.39 is 0 Å². The van der Waals surface area contributed by atoms with E-state index in [4.69, 9.17) is 10.2 Å². The van der Waals surface area contributed by atoms with Crippen LogP contribution in [0.3, 0.4) is 0 Å². The molecule has 0 spiro atoms. The van der Waals surface area contributed by atoms with Gasteiger partial charge in [0, 0.05) is 18.5 Å². The molecule has 1 rings (SSSR count). The van der Waals surface area contributed by atoms with Crippen LogP contribution in [0.1, 0.15) is 0 Å². The zero-order chi connectivity index (χ0) is 11.1. The lowest BCUT2D eigenvalue weighted by atomic mass is 10.5. The first kappa shape index (κ1) is 12.0. The Labute approximate surface area is 92.0 Å². The van der Waals surface area contributed by atoms with Crippen molar-refractivity contribution in [1.82, 2.24) is 4.90 Å². The van der Waals surface area contributed by atoms with Crippen LogP contribution in [0.15, 0.2) is 16.8 Å². The van der Waals surface area contributed by atoms with Crippen LogP contribution in [-0.4, -0.2) is 47.4 Å². The SMILES string of the molecule is O=C(Nc1ccsc1)N(CCO)CCO. The van der Waals surface area contributed by atoms with Crippen molar-refractivity contribution in [2.75, 3.05) is 31.6 Å². The van der Waals surface area contributed by atoms with Crippen molar-refractivity contribution in [1.29, 1.82) is 0 Å². The molecule has 3 N–H and O–H groups in total. The normalized spacial score (nSPS) is 10.0. The monoisotopic (exact) mass is 230 g/mol. The number of aliphatic hydroxyl groups excluding tert-OH is 2. The average Bonchev–Trinajstić information content (AvgIpc) is 2.70. The molecule has 0 bridgehead atoms. The highest BCUT2D eigenvalue weighted by molar-refractivity contribution is 7.08. The van der Waals surface area contributed by atoms with Gasteiger partial charge in [0.2, 0.25) is 0 Å². The molecule has 0 saturated carbocycles. The lowest BCUT2D eigenvalue weighted by Gasteiger charge is -2.20. The van der Waals surface area contributed by atoms with E-state index in [1.54, 1.807) is 6.07 Å². The van der Waals surface area contributed by atoms with Gasteiger partial charge in [-0.15, -0.1) is 0 Å². The predicted octanol–water partition coefficient (Wildman–Crippen LogP) is 0.567. The van der Waals surface area contributed by atoms with Crippen molar-refractivity contribution in [3.05, 3.63) is 16.8 Å². The fraction of sp³-hybridized carbons (Fsp3) is 0.444. The molecule has 1 aromatic rings. The topological polar surface area (TPSA) is 72.8 Å². The van der Waals surface area contributed by atoms with Crippen molar-refractivity contribution in [3.8, 4) is 0 Å². The Morgan fingerprint density at radius 1 is 1.40 bits per heavy atom. The summed E-state index contributed by atoms with van der Waals surface area (Å²) in [6, 6.07) is 1.48. The van der Waals surface area contributed by atoms with E-state index in [0.29, 0.717) is 0 Å². The van der Waals surface area contributed by atoms with Crippen molar-refractivity contribution < 1.29 is 15.0 Å². The number of thiophene rings is 1. The third-order valence-corrected chi connectivity index (χ3v) is 2.48. The number of nitrogens with one attached hydrogen (secondary N) is 1. The zero-order valence-electron chi connectivity index (χ0n) is 8.22. The van der Waals surface area contributed by atoms with Crippen LogP contribution in [0.5, 0.6) is 0 Å². The highest BCUT2D eigenvalue weighted by Crippen LogP contribution is 2.12. The maximum Gasteiger partial charge on any atom is 0.322 e. The summed E-state index contributed by atoms with van der Waals surface area (Å²) in [5.41, 5.74) is 0.728. The Morgan fingerprint density at radius 2 is 2.07 bits per heavy atom. The summed E-state index contributed by atoms with van der Waals surface area (Å²) in [5.74, 6) is 0. The molecule has 0 radical (unpaired) electrons. The van der Waals surface area contributed by atoms with Crippen molar-refractivity contribution in [3.63, 3.8) is 0 Å². The van der Waals surface area contributed by atoms with Crippen LogP contribution in [0.25, 0.3) is 0 Å². The van der Waals surface area contributed by atoms with E-state index in [1.165, 1.54) is 16.2 Å². The Hall–Kier alpha value is -1.11. The summed E-state index contributed by atoms with van der Waals surface area (Å²) >= 11 is 1.49. The Bertz CT molecular complexity index is 284. The lowest BCUT2D eigenvalue weighted by molar-refractivity contribution is 0.167. The van der Waals surface area contributed by atoms with Gasteiger partial charge in [0.15, 0.2) is 0 Å². The number of amides is 2. The molecule has 1 heterocycles. The Balaban J connectivity index is 2.48. The minimum atomic E-state index is -0.309. The van der Waals surface area contributed by atoms with Gasteiger partial charge in [-0.2, -0.15) is 11.3 Å². The minimum Gasteiger partial charge on any atom is -0.395 e. The first-order valence-electron chi connectivity index (χ1n) is 4.57. The van der Waals surface area contributed by atoms with Crippen LogP contribution in [0.2, 0.25) is 0 Å². The molecule has 0 aliphatic carbocycles. The molecule has 0 aliphatic rings. The summed E-state index contributed by atoms with van der Waals surface area (Å²) in [6.45, 7) is 0.209. The Morgan fingerprint density at radius 3 is 2.53 bits per heavy atom. The van der Waals surface area contributed by atoms with Gasteiger partial charge >= 0.3 is 6.03 Å². The quantitative estimate of drug-likeness (QED) is 0.692. The third kappa shape index (κ3) is 3.86. The van der Waals surface area contributed by atoms with Gasteiger partial charge in [0.1, 0.15) is 0 Å². The van der Waals surface area contributed by atoms with Crippen LogP contribution in [0, 0.1) is 0 Å². The van der Waals surface area contributed by atoms with E-state index in [0.717, 1.165) is 5.69 Å². The van der Waals surface area contributed by atoms with Crippen LogP contribution in [-0.2, 0) is 0 Å². The van der Waals surface area contributed by atoms with Gasteiger partial charge in [0.05, 0.1) is 18.9 Å². The number of urea groups is 1. The highest BCUT2D eigenvalue weighted by atomic mass is 32.1. The van der Waals surface area contributed by atoms with Gasteiger partial charge in [-0.1, -0.05) is 0 Å². The van der Waals surface area contributed by atoms with E-state index in [1.807, 2.05) is 10.8 Å². The Kier molecular flexibility index (Phi) is 5.09. The van der Waals surface area contributed by atoms with Gasteiger partial charge < -0.3 is 20.4 Å². The molecule has 15 heavy (non-hydrogen) atoms. The third-order valence-electron chi connectivity index (χ3n) is 1.80. The largest absolute Gasteiger partial charge is 0.395 e. The van der Waals surface area contributed by atoms with Gasteiger partial charge in [-0.05, 0) is 11.4 Å². The summed E-state index contributed by atoms with van der Waals surface area (Å²) in [4.78, 5) is 12.9. The summed E-state index contributed by atoms with van der Waals surface area (Å²) in [5, 5.41) is 23.8. The molecular formula is C9H14N2O3S. The molecule has 0 atom stereocenters. The molecule has 6 heteroatoms. The van der Waals surface area contributed by atoms with Crippen LogP contribution >= 0.6 is 11.3 Å². The standard InChI is InChI=1S/C9H14N2O3S/c12-4-2-11(3-5-13)9(14)10-8-1-6-15-7-8/h1,6-7,12-13H,2-5H2,(H,10,14). The van der Waals surface area contributed by atoms with Crippen molar-refractivity contribution >= 4 is 23.1 Å². The van der Waals surface area contributed by atoms with Crippen molar-refractivity contribution in [2.24, 2.45) is 0 Å². The molecule has 0 aliphatic heterocycles. The molecule has 1 aromatic heterocycles. The van der Waals surface area contributed by atoms with Gasteiger partial charge in [-0.25, -0.2) is 4.79 Å². The second kappa shape index (κ2) is 6.39. The molecule has 0 aromatic carbocycles. The first-order valence-corrected chi connectivity index (χ1v) is 5.52. The number of aliphatic hydroxyl groups is 2. The number of carbonyl (C=O) groups is 1. The molecule has 0 saturated heterocycles. The fourth-order valence-corrected chi connectivity index (χ4v) is 1.68. The molecule has 0 fully saturated rings. The maximum absolute atomic E-state index is 11.6.